The Balaban J connectivity index is 1.87. The van der Waals surface area contributed by atoms with Crippen molar-refractivity contribution in [2.45, 2.75) is 35.1 Å². The van der Waals surface area contributed by atoms with Gasteiger partial charge in [-0.1, -0.05) is 23.7 Å². The monoisotopic (exact) mass is 407 g/mol. The number of sulfone groups is 1. The van der Waals surface area contributed by atoms with E-state index in [4.69, 9.17) is 21.1 Å². The number of benzene rings is 2. The summed E-state index contributed by atoms with van der Waals surface area (Å²) >= 11 is 5.87. The molecule has 1 fully saturated rings. The number of hydrogen-bond acceptors (Lipinski definition) is 5. The van der Waals surface area contributed by atoms with Crippen molar-refractivity contribution in [2.24, 2.45) is 0 Å². The van der Waals surface area contributed by atoms with E-state index >= 15 is 0 Å². The van der Waals surface area contributed by atoms with E-state index in [-0.39, 0.29) is 4.90 Å². The topological polar surface area (TPSA) is 81.7 Å². The highest BCUT2D eigenvalue weighted by Gasteiger charge is 2.54. The number of carbonyl (C=O) groups excluding carboxylic acids is 1. The number of piperidine rings is 1. The van der Waals surface area contributed by atoms with Crippen molar-refractivity contribution < 1.29 is 22.7 Å². The number of ether oxygens (including phenoxy) is 2. The molecule has 4 rings (SSSR count). The molecule has 8 heteroatoms. The van der Waals surface area contributed by atoms with E-state index in [9.17, 15) is 13.2 Å². The molecule has 0 saturated carbocycles. The first-order valence-corrected chi connectivity index (χ1v) is 10.3. The molecule has 2 aliphatic rings. The summed E-state index contributed by atoms with van der Waals surface area (Å²) in [5.74, 6) is -0.155. The van der Waals surface area contributed by atoms with Gasteiger partial charge in [0.05, 0.1) is 12.0 Å². The number of carbonyl (C=O) groups is 1. The Labute approximate surface area is 162 Å². The minimum Gasteiger partial charge on any atom is -0.493 e. The molecule has 142 valence electrons. The van der Waals surface area contributed by atoms with Crippen LogP contribution in [-0.4, -0.2) is 32.4 Å². The second-order valence-electron chi connectivity index (χ2n) is 6.93. The molecule has 1 N–H and O–H groups in total. The van der Waals surface area contributed by atoms with Crippen molar-refractivity contribution in [1.82, 2.24) is 5.32 Å². The number of para-hydroxylation sites is 1. The fraction of sp³-hybridized carbons (Fsp3) is 0.316. The molecule has 3 atom stereocenters. The summed E-state index contributed by atoms with van der Waals surface area (Å²) < 4.78 is 38.0. The van der Waals surface area contributed by atoms with Gasteiger partial charge in [0.15, 0.2) is 32.3 Å². The van der Waals surface area contributed by atoms with Gasteiger partial charge in [-0.3, -0.25) is 4.79 Å². The van der Waals surface area contributed by atoms with Crippen LogP contribution in [0.1, 0.15) is 24.8 Å². The quantitative estimate of drug-likeness (QED) is 0.846. The summed E-state index contributed by atoms with van der Waals surface area (Å²) in [7, 11) is -2.41. The van der Waals surface area contributed by atoms with Crippen LogP contribution in [0.5, 0.6) is 11.5 Å². The number of nitrogens with one attached hydrogen (secondary N) is 1. The molecule has 0 aromatic heterocycles. The summed E-state index contributed by atoms with van der Waals surface area (Å²) in [5, 5.41) is 1.90. The third-order valence-corrected chi connectivity index (χ3v) is 7.45. The van der Waals surface area contributed by atoms with Gasteiger partial charge in [-0.25, -0.2) is 8.42 Å². The van der Waals surface area contributed by atoms with Crippen LogP contribution in [0.25, 0.3) is 0 Å². The average Bonchev–Trinajstić information content (AvgIpc) is 2.60. The predicted octanol–water partition coefficient (Wildman–Crippen LogP) is 2.90. The van der Waals surface area contributed by atoms with Gasteiger partial charge >= 0.3 is 0 Å². The van der Waals surface area contributed by atoms with Crippen LogP contribution in [0.15, 0.2) is 47.4 Å². The smallest absolute Gasteiger partial charge is 0.242 e. The van der Waals surface area contributed by atoms with Crippen LogP contribution in [0.3, 0.4) is 0 Å². The molecule has 2 bridgehead atoms. The highest BCUT2D eigenvalue weighted by Crippen LogP contribution is 2.50. The minimum atomic E-state index is -3.93. The lowest BCUT2D eigenvalue weighted by atomic mass is 9.81. The Kier molecular flexibility index (Phi) is 4.12. The molecule has 6 nitrogen and oxygen atoms in total. The lowest BCUT2D eigenvalue weighted by Crippen LogP contribution is -2.63. The molecule has 2 heterocycles. The normalized spacial score (nSPS) is 26.6. The zero-order valence-corrected chi connectivity index (χ0v) is 16.3. The van der Waals surface area contributed by atoms with Crippen LogP contribution >= 0.6 is 11.6 Å². The van der Waals surface area contributed by atoms with E-state index in [2.05, 4.69) is 5.32 Å². The van der Waals surface area contributed by atoms with Crippen LogP contribution < -0.4 is 14.8 Å². The zero-order chi connectivity index (χ0) is 19.4. The van der Waals surface area contributed by atoms with Gasteiger partial charge in [-0.15, -0.1) is 0 Å². The maximum Gasteiger partial charge on any atom is 0.242 e. The molecule has 0 unspecified atom stereocenters. The lowest BCUT2D eigenvalue weighted by Gasteiger charge is -2.47. The van der Waals surface area contributed by atoms with Gasteiger partial charge < -0.3 is 14.8 Å². The maximum absolute atomic E-state index is 13.3. The molecule has 0 radical (unpaired) electrons. The molecule has 1 amide bonds. The fourth-order valence-electron chi connectivity index (χ4n) is 3.88. The Hall–Kier alpha value is -2.25. The molecular weight excluding hydrogens is 390 g/mol. The first kappa shape index (κ1) is 18.1. The second kappa shape index (κ2) is 6.14. The first-order chi connectivity index (χ1) is 12.7. The van der Waals surface area contributed by atoms with Gasteiger partial charge in [0, 0.05) is 22.9 Å². The Bertz CT molecular complexity index is 1020. The molecule has 2 aromatic carbocycles. The lowest BCUT2D eigenvalue weighted by molar-refractivity contribution is -0.132. The number of halogens is 1. The number of hydrogen-bond donors (Lipinski definition) is 1. The van der Waals surface area contributed by atoms with E-state index in [1.165, 1.54) is 31.4 Å². The third-order valence-electron chi connectivity index (χ3n) is 5.05. The summed E-state index contributed by atoms with van der Waals surface area (Å²) in [4.78, 5) is 12.9. The number of amides is 1. The van der Waals surface area contributed by atoms with E-state index in [1.54, 1.807) is 25.1 Å². The molecule has 2 aromatic rings. The van der Waals surface area contributed by atoms with Gasteiger partial charge in [-0.2, -0.15) is 0 Å². The molecule has 27 heavy (non-hydrogen) atoms. The Morgan fingerprint density at radius 1 is 1.22 bits per heavy atom. The van der Waals surface area contributed by atoms with Crippen LogP contribution in [0.4, 0.5) is 0 Å². The van der Waals surface area contributed by atoms with Crippen LogP contribution in [-0.2, 0) is 14.6 Å². The van der Waals surface area contributed by atoms with E-state index in [0.717, 1.165) is 0 Å². The predicted molar refractivity (Wildman–Crippen MR) is 100.0 cm³/mol. The van der Waals surface area contributed by atoms with E-state index in [1.807, 2.05) is 0 Å². The van der Waals surface area contributed by atoms with Gasteiger partial charge in [0.2, 0.25) is 5.91 Å². The van der Waals surface area contributed by atoms with Crippen LogP contribution in [0, 0.1) is 0 Å². The minimum absolute atomic E-state index is 0.0617. The highest BCUT2D eigenvalue weighted by atomic mass is 35.5. The Morgan fingerprint density at radius 2 is 1.93 bits per heavy atom. The van der Waals surface area contributed by atoms with E-state index in [0.29, 0.717) is 28.5 Å². The van der Waals surface area contributed by atoms with Crippen molar-refractivity contribution in [3.8, 4) is 11.5 Å². The van der Waals surface area contributed by atoms with Gasteiger partial charge in [0.25, 0.3) is 0 Å². The van der Waals surface area contributed by atoms with Gasteiger partial charge in [0.1, 0.15) is 0 Å². The molecule has 0 aliphatic carbocycles. The summed E-state index contributed by atoms with van der Waals surface area (Å²) in [6, 6.07) is 11.1. The van der Waals surface area contributed by atoms with Gasteiger partial charge in [-0.05, 0) is 37.3 Å². The summed E-state index contributed by atoms with van der Waals surface area (Å²) in [5.41, 5.74) is -0.334. The third kappa shape index (κ3) is 2.85. The molecule has 1 saturated heterocycles. The second-order valence-corrected chi connectivity index (χ2v) is 9.44. The fourth-order valence-corrected chi connectivity index (χ4v) is 5.83. The molecular formula is C19H18ClNO5S. The SMILES string of the molecule is COc1cccc2c1O[C@@]1(C)C[C@H]2[C@@H](S(=O)(=O)c2ccc(Cl)cc2)C(=O)N1. The summed E-state index contributed by atoms with van der Waals surface area (Å²) in [6.07, 6.45) is 0.344. The largest absolute Gasteiger partial charge is 0.493 e. The molecule has 0 spiro atoms. The van der Waals surface area contributed by atoms with Crippen molar-refractivity contribution in [3.05, 3.63) is 53.1 Å². The van der Waals surface area contributed by atoms with Crippen molar-refractivity contribution in [3.63, 3.8) is 0 Å². The Morgan fingerprint density at radius 3 is 2.59 bits per heavy atom. The number of rotatable bonds is 3. The standard InChI is InChI=1S/C19H18ClNO5S/c1-19-10-14(13-4-3-5-15(25-2)16(13)26-19)17(18(22)21-19)27(23,24)12-8-6-11(20)7-9-12/h3-9,14,17H,10H2,1-2H3,(H,21,22)/t14-,17-,19+/m1/s1. The zero-order valence-electron chi connectivity index (χ0n) is 14.7. The van der Waals surface area contributed by atoms with Crippen molar-refractivity contribution >= 4 is 27.3 Å². The van der Waals surface area contributed by atoms with Crippen molar-refractivity contribution in [2.75, 3.05) is 7.11 Å². The van der Waals surface area contributed by atoms with E-state index < -0.39 is 32.6 Å². The summed E-state index contributed by atoms with van der Waals surface area (Å²) in [6.45, 7) is 1.73. The highest BCUT2D eigenvalue weighted by molar-refractivity contribution is 7.92. The maximum atomic E-state index is 13.3. The molecule has 2 aliphatic heterocycles. The number of fused-ring (bicyclic) bond motifs is 4. The van der Waals surface area contributed by atoms with Crippen molar-refractivity contribution in [1.29, 1.82) is 0 Å². The van der Waals surface area contributed by atoms with Crippen LogP contribution in [0.2, 0.25) is 5.02 Å². The number of methoxy groups -OCH3 is 1. The average molecular weight is 408 g/mol. The first-order valence-electron chi connectivity index (χ1n) is 8.42.